The van der Waals surface area contributed by atoms with Crippen molar-refractivity contribution in [2.75, 3.05) is 0 Å². The normalized spacial score (nSPS) is 15.0. The highest BCUT2D eigenvalue weighted by atomic mass is 35.7. The molecule has 0 nitrogen and oxygen atoms in total. The Kier molecular flexibility index (Phi) is 6.52. The van der Waals surface area contributed by atoms with Gasteiger partial charge in [0.2, 0.25) is 12.4 Å². The first kappa shape index (κ1) is 16.6. The van der Waals surface area contributed by atoms with E-state index in [0.29, 0.717) is 9.04 Å². The lowest BCUT2D eigenvalue weighted by Gasteiger charge is -2.39. The van der Waals surface area contributed by atoms with Crippen LogP contribution in [0.1, 0.15) is 0 Å². The molecule has 0 aliphatic heterocycles. The van der Waals surface area contributed by atoms with Gasteiger partial charge in [-0.25, -0.2) is 0 Å². The van der Waals surface area contributed by atoms with E-state index >= 15 is 0 Å². The minimum atomic E-state index is -2.38. The molecular formula is C4H10Cl6Si4. The fourth-order valence-corrected chi connectivity index (χ4v) is 60.6. The molecule has 0 saturated carbocycles. The van der Waals surface area contributed by atoms with Crippen LogP contribution in [-0.4, -0.2) is 32.5 Å². The van der Waals surface area contributed by atoms with Gasteiger partial charge in [-0.2, -0.15) is 44.3 Å². The van der Waals surface area contributed by atoms with Crippen LogP contribution in [0, 0.1) is 0 Å². The molecular weight excluding hydrogens is 373 g/mol. The van der Waals surface area contributed by atoms with Crippen LogP contribution in [0.5, 0.6) is 0 Å². The van der Waals surface area contributed by atoms with E-state index in [2.05, 4.69) is 0 Å². The molecule has 0 aromatic carbocycles. The van der Waals surface area contributed by atoms with Crippen LogP contribution in [0.15, 0.2) is 0 Å². The predicted octanol–water partition coefficient (Wildman–Crippen LogP) is 4.28. The Hall–Kier alpha value is 2.61. The van der Waals surface area contributed by atoms with Gasteiger partial charge in [0.25, 0.3) is 0 Å². The lowest BCUT2D eigenvalue weighted by atomic mass is 11.9. The van der Waals surface area contributed by atoms with Gasteiger partial charge >= 0.3 is 0 Å². The van der Waals surface area contributed by atoms with Crippen molar-refractivity contribution in [2.45, 2.75) is 24.1 Å². The Morgan fingerprint density at radius 2 is 1.14 bits per heavy atom. The van der Waals surface area contributed by atoms with E-state index in [1.807, 2.05) is 19.6 Å². The molecule has 0 bridgehead atoms. The van der Waals surface area contributed by atoms with Crippen molar-refractivity contribution in [3.8, 4) is 0 Å². The highest BCUT2D eigenvalue weighted by Gasteiger charge is 2.60. The minimum absolute atomic E-state index is 0.301. The van der Waals surface area contributed by atoms with Crippen LogP contribution < -0.4 is 0 Å². The Morgan fingerprint density at radius 3 is 1.21 bits per heavy atom. The second-order valence-electron chi connectivity index (χ2n) is 3.35. The molecule has 0 aromatic heterocycles. The standard InChI is InChI=1S/C4H10Cl6Si4/c1-12(7,8)14(3,11-4(5)6)13(2,9)10/h4H,1-3H3. The van der Waals surface area contributed by atoms with E-state index in [4.69, 9.17) is 67.5 Å². The molecule has 0 unspecified atom stereocenters. The summed E-state index contributed by atoms with van der Waals surface area (Å²) < 4.78 is -0.458. The predicted molar refractivity (Wildman–Crippen MR) is 79.5 cm³/mol. The number of hydrogen-bond donors (Lipinski definition) is 0. The van der Waals surface area contributed by atoms with Crippen molar-refractivity contribution in [1.82, 2.24) is 0 Å². The van der Waals surface area contributed by atoms with Crippen LogP contribution >= 0.6 is 67.5 Å². The summed E-state index contributed by atoms with van der Waals surface area (Å²) in [5.74, 6) is 0. The second-order valence-corrected chi connectivity index (χ2v) is 46.2. The lowest BCUT2D eigenvalue weighted by molar-refractivity contribution is 1.91. The summed E-state index contributed by atoms with van der Waals surface area (Å²) in [6.45, 7) is 3.64. The van der Waals surface area contributed by atoms with Crippen molar-refractivity contribution in [1.29, 1.82) is 0 Å². The quantitative estimate of drug-likeness (QED) is 0.386. The number of alkyl halides is 2. The zero-order chi connectivity index (χ0) is 11.8. The molecule has 0 atom stereocenters. The van der Waals surface area contributed by atoms with Crippen LogP contribution in [0.4, 0.5) is 0 Å². The number of halogens is 6. The summed E-state index contributed by atoms with van der Waals surface area (Å²) in [6.07, 6.45) is -4.77. The summed E-state index contributed by atoms with van der Waals surface area (Å²) in [7, 11) is 0.301. The third kappa shape index (κ3) is 4.12. The molecule has 84 valence electrons. The summed E-state index contributed by atoms with van der Waals surface area (Å²) in [4.78, 5) is 0. The molecule has 10 heteroatoms. The molecule has 0 spiro atoms. The van der Waals surface area contributed by atoms with Gasteiger partial charge in [-0.1, -0.05) is 6.55 Å². The minimum Gasteiger partial charge on any atom is -0.151 e. The topological polar surface area (TPSA) is 0 Å². The lowest BCUT2D eigenvalue weighted by Crippen LogP contribution is -2.71. The third-order valence-electron chi connectivity index (χ3n) is 2.15. The fourth-order valence-electron chi connectivity index (χ4n) is 0.857. The van der Waals surface area contributed by atoms with Gasteiger partial charge < -0.3 is 0 Å². The van der Waals surface area contributed by atoms with Crippen molar-refractivity contribution >= 4 is 95.6 Å². The smallest absolute Gasteiger partial charge is 0.151 e. The van der Waals surface area contributed by atoms with Gasteiger partial charge in [0.05, 0.1) is 13.5 Å². The van der Waals surface area contributed by atoms with Gasteiger partial charge in [-0.15, -0.1) is 23.2 Å². The molecule has 0 saturated heterocycles. The van der Waals surface area contributed by atoms with Gasteiger partial charge in [0.1, 0.15) is 6.63 Å². The van der Waals surface area contributed by atoms with Gasteiger partial charge in [0.15, 0.2) is 0 Å². The Morgan fingerprint density at radius 1 is 0.857 bits per heavy atom. The third-order valence-corrected chi connectivity index (χ3v) is 67.0. The molecule has 0 amide bonds. The van der Waals surface area contributed by atoms with Crippen molar-refractivity contribution in [3.63, 3.8) is 0 Å². The Labute approximate surface area is 119 Å². The average molecular weight is 383 g/mol. The maximum Gasteiger partial charge on any atom is 0.233 e. The highest BCUT2D eigenvalue weighted by molar-refractivity contribution is 8.07. The van der Waals surface area contributed by atoms with Gasteiger partial charge in [-0.3, -0.25) is 0 Å². The van der Waals surface area contributed by atoms with E-state index in [9.17, 15) is 0 Å². The summed E-state index contributed by atoms with van der Waals surface area (Å²) in [5, 5.41) is 0. The first-order chi connectivity index (χ1) is 5.92. The van der Waals surface area contributed by atoms with Crippen molar-refractivity contribution in [2.24, 2.45) is 0 Å². The molecule has 2 radical (unpaired) electrons. The van der Waals surface area contributed by atoms with E-state index < -0.39 is 23.5 Å². The largest absolute Gasteiger partial charge is 0.233 e. The molecule has 0 heterocycles. The highest BCUT2D eigenvalue weighted by Crippen LogP contribution is 2.38. The van der Waals surface area contributed by atoms with E-state index in [1.54, 1.807) is 0 Å². The van der Waals surface area contributed by atoms with Crippen molar-refractivity contribution in [3.05, 3.63) is 0 Å². The van der Waals surface area contributed by atoms with E-state index in [0.717, 1.165) is 0 Å². The van der Waals surface area contributed by atoms with Gasteiger partial charge in [0, 0.05) is 0 Å². The number of hydrogen-bond acceptors (Lipinski definition) is 0. The maximum atomic E-state index is 6.29. The first-order valence-corrected chi connectivity index (χ1v) is 20.2. The second kappa shape index (κ2) is 5.50. The van der Waals surface area contributed by atoms with Crippen LogP contribution in [0.25, 0.3) is 0 Å². The first-order valence-electron chi connectivity index (χ1n) is 3.73. The average Bonchev–Trinajstić information content (AvgIpc) is 1.79. The van der Waals surface area contributed by atoms with Crippen LogP contribution in [0.3, 0.4) is 0 Å². The molecule has 0 aromatic rings. The van der Waals surface area contributed by atoms with Crippen LogP contribution in [-0.2, 0) is 0 Å². The van der Waals surface area contributed by atoms with E-state index in [-0.39, 0.29) is 0 Å². The molecule has 0 fully saturated rings. The van der Waals surface area contributed by atoms with Crippen molar-refractivity contribution < 1.29 is 0 Å². The summed E-state index contributed by atoms with van der Waals surface area (Å²) in [5.41, 5.74) is 0. The van der Waals surface area contributed by atoms with Crippen LogP contribution in [0.2, 0.25) is 19.6 Å². The summed E-state index contributed by atoms with van der Waals surface area (Å²) >= 11 is 36.8. The SMILES string of the molecule is C[Si](Cl)(Cl)[Si](C)([Si]C(Cl)Cl)[Si](C)(Cl)Cl. The molecule has 14 heavy (non-hydrogen) atoms. The molecule has 0 N–H and O–H groups in total. The molecule has 0 aliphatic rings. The zero-order valence-electron chi connectivity index (χ0n) is 7.85. The fraction of sp³-hybridized carbons (Fsp3) is 1.00. The monoisotopic (exact) mass is 380 g/mol. The zero-order valence-corrected chi connectivity index (χ0v) is 16.4. The Balaban J connectivity index is 5.07. The maximum absolute atomic E-state index is 6.29. The van der Waals surface area contributed by atoms with Gasteiger partial charge in [-0.05, 0) is 13.1 Å². The molecule has 0 aliphatic carbocycles. The summed E-state index contributed by atoms with van der Waals surface area (Å²) in [6, 6.07) is 0. The Bertz CT molecular complexity index is 181. The molecule has 0 rings (SSSR count). The number of rotatable bonds is 4. The van der Waals surface area contributed by atoms with E-state index in [1.165, 1.54) is 0 Å².